The molecule has 13 heavy (non-hydrogen) atoms. The summed E-state index contributed by atoms with van der Waals surface area (Å²) in [7, 11) is 3.32. The molecule has 3 N–H and O–H groups in total. The summed E-state index contributed by atoms with van der Waals surface area (Å²) in [5, 5.41) is 9.53. The summed E-state index contributed by atoms with van der Waals surface area (Å²) in [6, 6.07) is 4.58. The van der Waals surface area contributed by atoms with Crippen LogP contribution in [0, 0.1) is 5.82 Å². The van der Waals surface area contributed by atoms with Crippen molar-refractivity contribution in [3.63, 3.8) is 0 Å². The highest BCUT2D eigenvalue weighted by Gasteiger charge is 2.15. The SMILES string of the molecule is CN(C)C(O)c1cccc(N)c1F. The normalized spacial score (nSPS) is 13.3. The van der Waals surface area contributed by atoms with E-state index in [2.05, 4.69) is 0 Å². The monoisotopic (exact) mass is 184 g/mol. The van der Waals surface area contributed by atoms with E-state index in [0.717, 1.165) is 0 Å². The minimum Gasteiger partial charge on any atom is -0.396 e. The van der Waals surface area contributed by atoms with E-state index in [1.807, 2.05) is 0 Å². The largest absolute Gasteiger partial charge is 0.396 e. The van der Waals surface area contributed by atoms with Crippen LogP contribution in [0.1, 0.15) is 11.8 Å². The van der Waals surface area contributed by atoms with Crippen molar-refractivity contribution in [3.05, 3.63) is 29.6 Å². The van der Waals surface area contributed by atoms with Crippen molar-refractivity contribution < 1.29 is 9.50 Å². The molecular formula is C9H13FN2O. The molecule has 0 fully saturated rings. The van der Waals surface area contributed by atoms with Crippen molar-refractivity contribution in [3.8, 4) is 0 Å². The average molecular weight is 184 g/mol. The fraction of sp³-hybridized carbons (Fsp3) is 0.333. The van der Waals surface area contributed by atoms with Gasteiger partial charge in [0, 0.05) is 5.56 Å². The lowest BCUT2D eigenvalue weighted by Gasteiger charge is -2.19. The van der Waals surface area contributed by atoms with Crippen LogP contribution in [0.25, 0.3) is 0 Å². The Morgan fingerprint density at radius 2 is 2.08 bits per heavy atom. The summed E-state index contributed by atoms with van der Waals surface area (Å²) in [5.41, 5.74) is 5.61. The number of hydrogen-bond donors (Lipinski definition) is 2. The molecule has 1 rings (SSSR count). The third-order valence-corrected chi connectivity index (χ3v) is 1.83. The number of nitrogens with two attached hydrogens (primary N) is 1. The third-order valence-electron chi connectivity index (χ3n) is 1.83. The first-order valence-corrected chi connectivity index (χ1v) is 3.92. The molecule has 0 saturated heterocycles. The van der Waals surface area contributed by atoms with Crippen molar-refractivity contribution in [2.24, 2.45) is 0 Å². The molecule has 0 radical (unpaired) electrons. The van der Waals surface area contributed by atoms with Gasteiger partial charge in [-0.25, -0.2) is 4.39 Å². The predicted molar refractivity (Wildman–Crippen MR) is 49.5 cm³/mol. The molecule has 0 aliphatic heterocycles. The molecule has 0 saturated carbocycles. The van der Waals surface area contributed by atoms with Gasteiger partial charge >= 0.3 is 0 Å². The summed E-state index contributed by atoms with van der Waals surface area (Å²) in [5.74, 6) is -0.552. The summed E-state index contributed by atoms with van der Waals surface area (Å²) in [4.78, 5) is 1.50. The zero-order valence-electron chi connectivity index (χ0n) is 7.66. The van der Waals surface area contributed by atoms with Crippen molar-refractivity contribution in [1.29, 1.82) is 0 Å². The van der Waals surface area contributed by atoms with Crippen LogP contribution in [0.2, 0.25) is 0 Å². The summed E-state index contributed by atoms with van der Waals surface area (Å²) in [6.45, 7) is 0. The maximum atomic E-state index is 13.3. The van der Waals surface area contributed by atoms with Crippen molar-refractivity contribution in [1.82, 2.24) is 4.90 Å². The molecule has 0 aliphatic rings. The Morgan fingerprint density at radius 1 is 1.46 bits per heavy atom. The summed E-state index contributed by atoms with van der Waals surface area (Å²) in [6.07, 6.45) is -0.955. The number of benzene rings is 1. The topological polar surface area (TPSA) is 49.5 Å². The number of aliphatic hydroxyl groups excluding tert-OH is 1. The highest BCUT2D eigenvalue weighted by atomic mass is 19.1. The molecule has 72 valence electrons. The molecule has 4 heteroatoms. The number of aliphatic hydroxyl groups is 1. The molecule has 1 atom stereocenters. The van der Waals surface area contributed by atoms with E-state index in [9.17, 15) is 9.50 Å². The number of halogens is 1. The van der Waals surface area contributed by atoms with Crippen LogP contribution >= 0.6 is 0 Å². The molecule has 0 bridgehead atoms. The lowest BCUT2D eigenvalue weighted by atomic mass is 10.1. The quantitative estimate of drug-likeness (QED) is 0.531. The first kappa shape index (κ1) is 9.95. The van der Waals surface area contributed by atoms with E-state index in [1.54, 1.807) is 20.2 Å². The molecule has 1 unspecified atom stereocenters. The first-order chi connectivity index (χ1) is 6.04. The molecule has 1 aromatic carbocycles. The Bertz CT molecular complexity index is 302. The Hall–Kier alpha value is -1.13. The molecule has 1 aromatic rings. The predicted octanol–water partition coefficient (Wildman–Crippen LogP) is 0.960. The highest BCUT2D eigenvalue weighted by molar-refractivity contribution is 5.43. The molecule has 0 amide bonds. The second kappa shape index (κ2) is 3.72. The Morgan fingerprint density at radius 3 is 2.62 bits per heavy atom. The van der Waals surface area contributed by atoms with E-state index in [1.165, 1.54) is 17.0 Å². The molecule has 0 aliphatic carbocycles. The van der Waals surface area contributed by atoms with Gasteiger partial charge in [0.2, 0.25) is 0 Å². The molecule has 0 aromatic heterocycles. The van der Waals surface area contributed by atoms with Crippen LogP contribution in [0.4, 0.5) is 10.1 Å². The van der Waals surface area contributed by atoms with Gasteiger partial charge in [0.1, 0.15) is 6.23 Å². The standard InChI is InChI=1S/C9H13FN2O/c1-12(2)9(13)6-4-3-5-7(11)8(6)10/h3-5,9,13H,11H2,1-2H3. The van der Waals surface area contributed by atoms with Gasteiger partial charge in [0.05, 0.1) is 5.69 Å². The Kier molecular flexibility index (Phi) is 2.85. The van der Waals surface area contributed by atoms with E-state index in [0.29, 0.717) is 0 Å². The maximum Gasteiger partial charge on any atom is 0.153 e. The van der Waals surface area contributed by atoms with Crippen molar-refractivity contribution in [2.75, 3.05) is 19.8 Å². The molecule has 3 nitrogen and oxygen atoms in total. The maximum absolute atomic E-state index is 13.3. The third kappa shape index (κ3) is 1.96. The van der Waals surface area contributed by atoms with E-state index in [4.69, 9.17) is 5.73 Å². The smallest absolute Gasteiger partial charge is 0.153 e. The molecule has 0 heterocycles. The van der Waals surface area contributed by atoms with E-state index >= 15 is 0 Å². The van der Waals surface area contributed by atoms with E-state index < -0.39 is 12.0 Å². The van der Waals surface area contributed by atoms with Gasteiger partial charge in [0.15, 0.2) is 5.82 Å². The van der Waals surface area contributed by atoms with Crippen molar-refractivity contribution in [2.45, 2.75) is 6.23 Å². The Labute approximate surface area is 76.6 Å². The molecular weight excluding hydrogens is 171 g/mol. The van der Waals surface area contributed by atoms with Gasteiger partial charge in [0.25, 0.3) is 0 Å². The lowest BCUT2D eigenvalue weighted by Crippen LogP contribution is -2.20. The number of hydrogen-bond acceptors (Lipinski definition) is 3. The Balaban J connectivity index is 3.07. The first-order valence-electron chi connectivity index (χ1n) is 3.92. The van der Waals surface area contributed by atoms with Gasteiger partial charge < -0.3 is 10.8 Å². The van der Waals surface area contributed by atoms with Gasteiger partial charge in [-0.1, -0.05) is 12.1 Å². The summed E-state index contributed by atoms with van der Waals surface area (Å²) >= 11 is 0. The van der Waals surface area contributed by atoms with Crippen LogP contribution in [-0.2, 0) is 0 Å². The second-order valence-corrected chi connectivity index (χ2v) is 3.09. The summed E-state index contributed by atoms with van der Waals surface area (Å²) < 4.78 is 13.3. The molecule has 0 spiro atoms. The minimum atomic E-state index is -0.955. The van der Waals surface area contributed by atoms with Crippen molar-refractivity contribution >= 4 is 5.69 Å². The second-order valence-electron chi connectivity index (χ2n) is 3.09. The highest BCUT2D eigenvalue weighted by Crippen LogP contribution is 2.22. The zero-order chi connectivity index (χ0) is 10.0. The van der Waals surface area contributed by atoms with E-state index in [-0.39, 0.29) is 11.3 Å². The fourth-order valence-corrected chi connectivity index (χ4v) is 1.05. The van der Waals surface area contributed by atoms with Crippen LogP contribution < -0.4 is 5.73 Å². The number of rotatable bonds is 2. The van der Waals surface area contributed by atoms with Crippen LogP contribution in [0.5, 0.6) is 0 Å². The van der Waals surface area contributed by atoms with Crippen LogP contribution in [0.3, 0.4) is 0 Å². The zero-order valence-corrected chi connectivity index (χ0v) is 7.66. The number of nitrogen functional groups attached to an aromatic ring is 1. The van der Waals surface area contributed by atoms with Crippen LogP contribution in [-0.4, -0.2) is 24.1 Å². The van der Waals surface area contributed by atoms with Gasteiger partial charge in [-0.05, 0) is 20.2 Å². The van der Waals surface area contributed by atoms with Gasteiger partial charge in [-0.2, -0.15) is 0 Å². The van der Waals surface area contributed by atoms with Crippen LogP contribution in [0.15, 0.2) is 18.2 Å². The lowest BCUT2D eigenvalue weighted by molar-refractivity contribution is 0.0366. The average Bonchev–Trinajstić information content (AvgIpc) is 2.08. The van der Waals surface area contributed by atoms with Gasteiger partial charge in [-0.15, -0.1) is 0 Å². The van der Waals surface area contributed by atoms with Gasteiger partial charge in [-0.3, -0.25) is 4.90 Å². The minimum absolute atomic E-state index is 0.0541. The number of nitrogens with zero attached hydrogens (tertiary/aromatic N) is 1. The number of anilines is 1. The fourth-order valence-electron chi connectivity index (χ4n) is 1.05.